The fourth-order valence-electron chi connectivity index (χ4n) is 3.31. The van der Waals surface area contributed by atoms with Gasteiger partial charge in [-0.25, -0.2) is 13.1 Å². The Bertz CT molecular complexity index is 750. The lowest BCUT2D eigenvalue weighted by Crippen LogP contribution is -2.54. The van der Waals surface area contributed by atoms with Crippen molar-refractivity contribution in [1.29, 1.82) is 0 Å². The lowest BCUT2D eigenvalue weighted by molar-refractivity contribution is -0.0816. The van der Waals surface area contributed by atoms with Crippen LogP contribution in [0.1, 0.15) is 17.7 Å². The van der Waals surface area contributed by atoms with Gasteiger partial charge in [0.2, 0.25) is 10.0 Å². The average molecular weight is 544 g/mol. The lowest BCUT2D eigenvalue weighted by Gasteiger charge is -2.37. The Kier molecular flexibility index (Phi) is 9.41. The van der Waals surface area contributed by atoms with Gasteiger partial charge < -0.3 is 19.7 Å². The predicted molar refractivity (Wildman–Crippen MR) is 121 cm³/mol. The van der Waals surface area contributed by atoms with Crippen LogP contribution in [0.2, 0.25) is 0 Å². The molecule has 2 saturated heterocycles. The Labute approximate surface area is 188 Å². The largest absolute Gasteiger partial charge is 0.375 e. The summed E-state index contributed by atoms with van der Waals surface area (Å²) in [5, 5.41) is 3.24. The number of thiophene rings is 1. The van der Waals surface area contributed by atoms with Gasteiger partial charge in [0.25, 0.3) is 0 Å². The highest BCUT2D eigenvalue weighted by atomic mass is 127. The topological polar surface area (TPSA) is 92.3 Å². The summed E-state index contributed by atoms with van der Waals surface area (Å²) in [6.07, 6.45) is 2.34. The van der Waals surface area contributed by atoms with E-state index in [9.17, 15) is 8.42 Å². The third kappa shape index (κ3) is 6.26. The summed E-state index contributed by atoms with van der Waals surface area (Å²) in [6.45, 7) is 5.56. The van der Waals surface area contributed by atoms with Crippen LogP contribution in [0.4, 0.5) is 0 Å². The maximum atomic E-state index is 12.3. The van der Waals surface area contributed by atoms with Crippen molar-refractivity contribution >= 4 is 51.3 Å². The second-order valence-electron chi connectivity index (χ2n) is 6.64. The highest BCUT2D eigenvalue weighted by molar-refractivity contribution is 14.0. The molecule has 0 spiro atoms. The van der Waals surface area contributed by atoms with E-state index in [2.05, 4.69) is 19.9 Å². The number of nitrogens with one attached hydrogen (secondary N) is 2. The molecule has 2 fully saturated rings. The number of aryl methyl sites for hydroxylation is 1. The van der Waals surface area contributed by atoms with E-state index in [1.807, 2.05) is 13.0 Å². The van der Waals surface area contributed by atoms with Crippen molar-refractivity contribution in [2.75, 3.05) is 46.4 Å². The molecule has 2 atom stereocenters. The van der Waals surface area contributed by atoms with Crippen LogP contribution in [-0.2, 0) is 19.5 Å². The van der Waals surface area contributed by atoms with E-state index in [0.717, 1.165) is 43.4 Å². The molecule has 0 aromatic carbocycles. The van der Waals surface area contributed by atoms with Crippen molar-refractivity contribution in [2.24, 2.45) is 4.99 Å². The number of rotatable bonds is 6. The summed E-state index contributed by atoms with van der Waals surface area (Å²) >= 11 is 1.27. The SMILES string of the molecule is CN=C(NCCNS(=O)(=O)c1ccc(C)s1)N1CCOC(C2CCCO2)C1.I. The Morgan fingerprint density at radius 3 is 2.71 bits per heavy atom. The van der Waals surface area contributed by atoms with E-state index in [1.165, 1.54) is 11.3 Å². The first kappa shape index (κ1) is 23.8. The first-order valence-electron chi connectivity index (χ1n) is 9.24. The van der Waals surface area contributed by atoms with Crippen LogP contribution in [0, 0.1) is 6.92 Å². The highest BCUT2D eigenvalue weighted by Crippen LogP contribution is 2.21. The quantitative estimate of drug-likeness (QED) is 0.244. The number of ether oxygens (including phenoxy) is 2. The summed E-state index contributed by atoms with van der Waals surface area (Å²) in [5.74, 6) is 0.757. The van der Waals surface area contributed by atoms with Crippen LogP contribution < -0.4 is 10.0 Å². The third-order valence-corrected chi connectivity index (χ3v) is 7.62. The Hall–Kier alpha value is -0.470. The number of halogens is 1. The number of aliphatic imine (C=N–C) groups is 1. The van der Waals surface area contributed by atoms with Crippen LogP contribution in [0.15, 0.2) is 21.3 Å². The van der Waals surface area contributed by atoms with E-state index in [4.69, 9.17) is 9.47 Å². The van der Waals surface area contributed by atoms with E-state index in [0.29, 0.717) is 17.4 Å². The number of hydrogen-bond donors (Lipinski definition) is 2. The van der Waals surface area contributed by atoms with Gasteiger partial charge in [-0.1, -0.05) is 0 Å². The summed E-state index contributed by atoms with van der Waals surface area (Å²) in [7, 11) is -1.72. The monoisotopic (exact) mass is 544 g/mol. The summed E-state index contributed by atoms with van der Waals surface area (Å²) in [4.78, 5) is 7.45. The minimum Gasteiger partial charge on any atom is -0.375 e. The normalized spacial score (nSPS) is 23.5. The van der Waals surface area contributed by atoms with Crippen molar-refractivity contribution in [3.8, 4) is 0 Å². The molecule has 2 N–H and O–H groups in total. The van der Waals surface area contributed by atoms with Crippen molar-refractivity contribution in [2.45, 2.75) is 36.2 Å². The molecule has 2 unspecified atom stereocenters. The van der Waals surface area contributed by atoms with Crippen molar-refractivity contribution in [3.63, 3.8) is 0 Å². The van der Waals surface area contributed by atoms with E-state index < -0.39 is 10.0 Å². The minimum atomic E-state index is -3.45. The van der Waals surface area contributed by atoms with E-state index >= 15 is 0 Å². The van der Waals surface area contributed by atoms with Gasteiger partial charge >= 0.3 is 0 Å². The summed E-state index contributed by atoms with van der Waals surface area (Å²) in [6, 6.07) is 3.44. The molecule has 3 heterocycles. The van der Waals surface area contributed by atoms with E-state index in [1.54, 1.807) is 13.1 Å². The molecule has 11 heteroatoms. The first-order chi connectivity index (χ1) is 13.0. The molecular formula is C17H29IN4O4S2. The van der Waals surface area contributed by atoms with Crippen molar-refractivity contribution < 1.29 is 17.9 Å². The highest BCUT2D eigenvalue weighted by Gasteiger charge is 2.32. The molecular weight excluding hydrogens is 515 g/mol. The number of hydrogen-bond acceptors (Lipinski definition) is 6. The summed E-state index contributed by atoms with van der Waals surface area (Å²) < 4.78 is 39.1. The summed E-state index contributed by atoms with van der Waals surface area (Å²) in [5.41, 5.74) is 0. The smallest absolute Gasteiger partial charge is 0.250 e. The third-order valence-electron chi connectivity index (χ3n) is 4.67. The predicted octanol–water partition coefficient (Wildman–Crippen LogP) is 1.41. The fraction of sp³-hybridized carbons (Fsp3) is 0.706. The Morgan fingerprint density at radius 2 is 2.07 bits per heavy atom. The maximum absolute atomic E-state index is 12.3. The molecule has 2 aliphatic heterocycles. The number of morpholine rings is 1. The van der Waals surface area contributed by atoms with Crippen LogP contribution in [0.3, 0.4) is 0 Å². The molecule has 8 nitrogen and oxygen atoms in total. The van der Waals surface area contributed by atoms with Crippen LogP contribution in [0.5, 0.6) is 0 Å². The van der Waals surface area contributed by atoms with Crippen LogP contribution in [0.25, 0.3) is 0 Å². The minimum absolute atomic E-state index is 0. The van der Waals surface area contributed by atoms with Gasteiger partial charge in [0.05, 0.1) is 12.7 Å². The zero-order valence-electron chi connectivity index (χ0n) is 16.2. The van der Waals surface area contributed by atoms with Gasteiger partial charge in [0.1, 0.15) is 10.3 Å². The zero-order chi connectivity index (χ0) is 19.3. The van der Waals surface area contributed by atoms with Crippen molar-refractivity contribution in [3.05, 3.63) is 17.0 Å². The molecule has 0 saturated carbocycles. The van der Waals surface area contributed by atoms with Gasteiger partial charge in [0, 0.05) is 44.7 Å². The molecule has 0 amide bonds. The average Bonchev–Trinajstić information content (AvgIpc) is 3.34. The second kappa shape index (κ2) is 11.1. The van der Waals surface area contributed by atoms with Gasteiger partial charge in [-0.05, 0) is 31.9 Å². The van der Waals surface area contributed by atoms with Crippen LogP contribution >= 0.6 is 35.3 Å². The molecule has 0 bridgehead atoms. The maximum Gasteiger partial charge on any atom is 0.250 e. The molecule has 160 valence electrons. The zero-order valence-corrected chi connectivity index (χ0v) is 20.2. The van der Waals surface area contributed by atoms with E-state index in [-0.39, 0.29) is 42.7 Å². The van der Waals surface area contributed by atoms with Crippen LogP contribution in [-0.4, -0.2) is 77.9 Å². The van der Waals surface area contributed by atoms with Gasteiger partial charge in [-0.2, -0.15) is 0 Å². The second-order valence-corrected chi connectivity index (χ2v) is 9.93. The Morgan fingerprint density at radius 1 is 1.29 bits per heavy atom. The number of guanidine groups is 1. The lowest BCUT2D eigenvalue weighted by atomic mass is 10.1. The standard InChI is InChI=1S/C17H28N4O4S2.HI/c1-13-5-6-16(26-13)27(22,23)20-8-7-19-17(18-2)21-9-11-25-15(12-21)14-4-3-10-24-14;/h5-6,14-15,20H,3-4,7-12H2,1-2H3,(H,18,19);1H. The molecule has 1 aromatic heterocycles. The molecule has 28 heavy (non-hydrogen) atoms. The van der Waals surface area contributed by atoms with Gasteiger partial charge in [0.15, 0.2) is 5.96 Å². The molecule has 0 aliphatic carbocycles. The molecule has 2 aliphatic rings. The van der Waals surface area contributed by atoms with Crippen molar-refractivity contribution in [1.82, 2.24) is 14.9 Å². The number of sulfonamides is 1. The van der Waals surface area contributed by atoms with Gasteiger partial charge in [-0.15, -0.1) is 35.3 Å². The first-order valence-corrected chi connectivity index (χ1v) is 11.5. The number of nitrogens with zero attached hydrogens (tertiary/aromatic N) is 2. The molecule has 0 radical (unpaired) electrons. The molecule has 3 rings (SSSR count). The Balaban J connectivity index is 0.00000280. The van der Waals surface area contributed by atoms with Gasteiger partial charge in [-0.3, -0.25) is 4.99 Å². The molecule has 1 aromatic rings. The fourth-order valence-corrected chi connectivity index (χ4v) is 5.67.